The third kappa shape index (κ3) is 2.14. The largest absolute Gasteiger partial charge is 0.475 e. The molecule has 0 aliphatic carbocycles. The fourth-order valence-corrected chi connectivity index (χ4v) is 2.85. The SMILES string of the molecule is CC(c1ccc(C(=O)O)o1)N1CCN2C(=O)NCC2C1. The first kappa shape index (κ1) is 13.0. The third-order valence-electron chi connectivity index (χ3n) is 4.06. The van der Waals surface area contributed by atoms with Crippen LogP contribution in [0.3, 0.4) is 0 Å². The highest BCUT2D eigenvalue weighted by Crippen LogP contribution is 2.26. The van der Waals surface area contributed by atoms with Gasteiger partial charge in [0.15, 0.2) is 0 Å². The Labute approximate surface area is 116 Å². The number of carboxylic acid groups (broad SMARTS) is 1. The lowest BCUT2D eigenvalue weighted by molar-refractivity contribution is 0.0641. The molecular weight excluding hydrogens is 262 g/mol. The van der Waals surface area contributed by atoms with Gasteiger partial charge in [0, 0.05) is 26.2 Å². The molecule has 3 rings (SSSR count). The monoisotopic (exact) mass is 279 g/mol. The van der Waals surface area contributed by atoms with Gasteiger partial charge in [-0.2, -0.15) is 0 Å². The summed E-state index contributed by atoms with van der Waals surface area (Å²) in [5.74, 6) is -0.449. The van der Waals surface area contributed by atoms with Gasteiger partial charge in [0.05, 0.1) is 12.1 Å². The van der Waals surface area contributed by atoms with E-state index < -0.39 is 5.97 Å². The molecule has 20 heavy (non-hydrogen) atoms. The molecule has 0 spiro atoms. The van der Waals surface area contributed by atoms with Gasteiger partial charge in [-0.25, -0.2) is 9.59 Å². The van der Waals surface area contributed by atoms with Crippen molar-refractivity contribution in [3.05, 3.63) is 23.7 Å². The van der Waals surface area contributed by atoms with Gasteiger partial charge in [0.2, 0.25) is 5.76 Å². The number of rotatable bonds is 3. The van der Waals surface area contributed by atoms with Crippen molar-refractivity contribution in [2.75, 3.05) is 26.2 Å². The van der Waals surface area contributed by atoms with Crippen LogP contribution in [0.5, 0.6) is 0 Å². The fraction of sp³-hybridized carbons (Fsp3) is 0.538. The normalized spacial score (nSPS) is 24.4. The van der Waals surface area contributed by atoms with Crippen molar-refractivity contribution < 1.29 is 19.1 Å². The van der Waals surface area contributed by atoms with Crippen LogP contribution < -0.4 is 5.32 Å². The zero-order valence-corrected chi connectivity index (χ0v) is 11.2. The molecule has 1 aromatic heterocycles. The molecule has 0 bridgehead atoms. The maximum Gasteiger partial charge on any atom is 0.371 e. The summed E-state index contributed by atoms with van der Waals surface area (Å²) in [6, 6.07) is 3.38. The van der Waals surface area contributed by atoms with Gasteiger partial charge in [-0.3, -0.25) is 4.90 Å². The maximum absolute atomic E-state index is 11.5. The highest BCUT2D eigenvalue weighted by Gasteiger charge is 2.37. The first-order chi connectivity index (χ1) is 9.56. The summed E-state index contributed by atoms with van der Waals surface area (Å²) in [6.07, 6.45) is 0. The predicted molar refractivity (Wildman–Crippen MR) is 69.5 cm³/mol. The Morgan fingerprint density at radius 1 is 1.50 bits per heavy atom. The van der Waals surface area contributed by atoms with Crippen molar-refractivity contribution in [3.63, 3.8) is 0 Å². The van der Waals surface area contributed by atoms with E-state index >= 15 is 0 Å². The topological polar surface area (TPSA) is 86.0 Å². The average molecular weight is 279 g/mol. The molecule has 2 N–H and O–H groups in total. The number of carboxylic acids is 1. The highest BCUT2D eigenvalue weighted by atomic mass is 16.4. The molecule has 7 heteroatoms. The molecule has 1 aromatic rings. The van der Waals surface area contributed by atoms with E-state index in [4.69, 9.17) is 9.52 Å². The van der Waals surface area contributed by atoms with E-state index in [-0.39, 0.29) is 23.9 Å². The van der Waals surface area contributed by atoms with E-state index in [0.717, 1.165) is 13.1 Å². The molecule has 0 aromatic carbocycles. The second-order valence-corrected chi connectivity index (χ2v) is 5.21. The second-order valence-electron chi connectivity index (χ2n) is 5.21. The van der Waals surface area contributed by atoms with E-state index in [1.54, 1.807) is 6.07 Å². The van der Waals surface area contributed by atoms with Crippen molar-refractivity contribution in [1.82, 2.24) is 15.1 Å². The number of nitrogens with one attached hydrogen (secondary N) is 1. The van der Waals surface area contributed by atoms with E-state index in [2.05, 4.69) is 10.2 Å². The van der Waals surface area contributed by atoms with Gasteiger partial charge >= 0.3 is 12.0 Å². The Kier molecular flexibility index (Phi) is 3.13. The van der Waals surface area contributed by atoms with E-state index in [0.29, 0.717) is 18.8 Å². The zero-order chi connectivity index (χ0) is 14.3. The van der Waals surface area contributed by atoms with Gasteiger partial charge in [-0.05, 0) is 19.1 Å². The standard InChI is InChI=1S/C13H17N3O4/c1-8(10-2-3-11(20-10)12(17)18)15-4-5-16-9(7-15)6-14-13(16)19/h2-3,8-9H,4-7H2,1H3,(H,14,19)(H,17,18). The highest BCUT2D eigenvalue weighted by molar-refractivity contribution is 5.84. The van der Waals surface area contributed by atoms with Crippen LogP contribution >= 0.6 is 0 Å². The van der Waals surface area contributed by atoms with Gasteiger partial charge in [0.1, 0.15) is 5.76 Å². The number of amides is 2. The third-order valence-corrected chi connectivity index (χ3v) is 4.06. The molecule has 2 atom stereocenters. The lowest BCUT2D eigenvalue weighted by atomic mass is 10.1. The van der Waals surface area contributed by atoms with Crippen molar-refractivity contribution in [2.45, 2.75) is 19.0 Å². The molecule has 2 aliphatic heterocycles. The van der Waals surface area contributed by atoms with Gasteiger partial charge < -0.3 is 19.7 Å². The van der Waals surface area contributed by atoms with Crippen molar-refractivity contribution >= 4 is 12.0 Å². The molecule has 2 amide bonds. The number of fused-ring (bicyclic) bond motifs is 1. The summed E-state index contributed by atoms with van der Waals surface area (Å²) in [4.78, 5) is 26.5. The minimum atomic E-state index is -1.06. The van der Waals surface area contributed by atoms with Gasteiger partial charge in [-0.15, -0.1) is 0 Å². The fourth-order valence-electron chi connectivity index (χ4n) is 2.85. The molecule has 2 aliphatic rings. The first-order valence-electron chi connectivity index (χ1n) is 6.68. The van der Waals surface area contributed by atoms with Gasteiger partial charge in [0.25, 0.3) is 0 Å². The molecule has 7 nitrogen and oxygen atoms in total. The molecular formula is C13H17N3O4. The minimum Gasteiger partial charge on any atom is -0.475 e. The van der Waals surface area contributed by atoms with Crippen LogP contribution in [0.15, 0.2) is 16.5 Å². The molecule has 2 saturated heterocycles. The maximum atomic E-state index is 11.5. The second kappa shape index (κ2) is 4.82. The number of carbonyl (C=O) groups excluding carboxylic acids is 1. The van der Waals surface area contributed by atoms with E-state index in [1.165, 1.54) is 6.07 Å². The summed E-state index contributed by atoms with van der Waals surface area (Å²) < 4.78 is 5.36. The summed E-state index contributed by atoms with van der Waals surface area (Å²) >= 11 is 0. The molecule has 2 fully saturated rings. The van der Waals surface area contributed by atoms with Crippen molar-refractivity contribution in [3.8, 4) is 0 Å². The molecule has 2 unspecified atom stereocenters. The van der Waals surface area contributed by atoms with Crippen molar-refractivity contribution in [1.29, 1.82) is 0 Å². The lowest BCUT2D eigenvalue weighted by Crippen LogP contribution is -2.52. The van der Waals surface area contributed by atoms with Crippen LogP contribution in [-0.2, 0) is 0 Å². The summed E-state index contributed by atoms with van der Waals surface area (Å²) in [6.45, 7) is 4.87. The minimum absolute atomic E-state index is 0.000882. The molecule has 3 heterocycles. The predicted octanol–water partition coefficient (Wildman–Crippen LogP) is 0.748. The number of urea groups is 1. The summed E-state index contributed by atoms with van der Waals surface area (Å²) in [5.41, 5.74) is 0. The number of carbonyl (C=O) groups is 2. The average Bonchev–Trinajstić information content (AvgIpc) is 3.05. The van der Waals surface area contributed by atoms with Crippen LogP contribution in [-0.4, -0.2) is 59.1 Å². The quantitative estimate of drug-likeness (QED) is 0.852. The van der Waals surface area contributed by atoms with E-state index in [1.807, 2.05) is 11.8 Å². The summed E-state index contributed by atoms with van der Waals surface area (Å²) in [7, 11) is 0. The van der Waals surface area contributed by atoms with Crippen molar-refractivity contribution in [2.24, 2.45) is 0 Å². The number of piperazine rings is 1. The van der Waals surface area contributed by atoms with Crippen LogP contribution in [0.4, 0.5) is 4.79 Å². The Morgan fingerprint density at radius 2 is 2.30 bits per heavy atom. The van der Waals surface area contributed by atoms with Crippen LogP contribution in [0.1, 0.15) is 29.3 Å². The zero-order valence-electron chi connectivity index (χ0n) is 11.2. The van der Waals surface area contributed by atoms with Crippen LogP contribution in [0.2, 0.25) is 0 Å². The van der Waals surface area contributed by atoms with E-state index in [9.17, 15) is 9.59 Å². The Bertz CT molecular complexity index is 541. The molecule has 108 valence electrons. The lowest BCUT2D eigenvalue weighted by Gasteiger charge is -2.38. The number of hydrogen-bond donors (Lipinski definition) is 2. The Balaban J connectivity index is 1.70. The first-order valence-corrected chi connectivity index (χ1v) is 6.68. The van der Waals surface area contributed by atoms with Crippen LogP contribution in [0.25, 0.3) is 0 Å². The van der Waals surface area contributed by atoms with Gasteiger partial charge in [-0.1, -0.05) is 0 Å². The Hall–Kier alpha value is -2.02. The molecule has 0 radical (unpaired) electrons. The van der Waals surface area contributed by atoms with Crippen LogP contribution in [0, 0.1) is 0 Å². The smallest absolute Gasteiger partial charge is 0.371 e. The summed E-state index contributed by atoms with van der Waals surface area (Å²) in [5, 5.41) is 11.7. The number of furan rings is 1. The molecule has 0 saturated carbocycles. The Morgan fingerprint density at radius 3 is 3.00 bits per heavy atom. The number of hydrogen-bond acceptors (Lipinski definition) is 4. The number of nitrogens with zero attached hydrogens (tertiary/aromatic N) is 2. The number of aromatic carboxylic acids is 1.